The first-order valence-electron chi connectivity index (χ1n) is 5.91. The molecule has 100 valence electrons. The highest BCUT2D eigenvalue weighted by Gasteiger charge is 2.35. The van der Waals surface area contributed by atoms with Crippen LogP contribution in [0.3, 0.4) is 0 Å². The van der Waals surface area contributed by atoms with Crippen LogP contribution in [0.5, 0.6) is 0 Å². The van der Waals surface area contributed by atoms with E-state index in [9.17, 15) is 14.4 Å². The van der Waals surface area contributed by atoms with Gasteiger partial charge >= 0.3 is 0 Å². The number of nitrogens with one attached hydrogen (secondary N) is 1. The van der Waals surface area contributed by atoms with Crippen LogP contribution in [-0.2, 0) is 9.59 Å². The summed E-state index contributed by atoms with van der Waals surface area (Å²) in [5, 5.41) is 2.98. The Morgan fingerprint density at radius 3 is 2.79 bits per heavy atom. The molecule has 0 fully saturated rings. The number of halogens is 1. The van der Waals surface area contributed by atoms with Gasteiger partial charge in [0.25, 0.3) is 11.7 Å². The summed E-state index contributed by atoms with van der Waals surface area (Å²) in [5.74, 6) is -1.18. The van der Waals surface area contributed by atoms with Gasteiger partial charge < -0.3 is 10.2 Å². The van der Waals surface area contributed by atoms with Crippen molar-refractivity contribution < 1.29 is 14.4 Å². The Labute approximate surface area is 115 Å². The fourth-order valence-electron chi connectivity index (χ4n) is 2.01. The summed E-state index contributed by atoms with van der Waals surface area (Å²) in [6.45, 7) is 0.325. The largest absolute Gasteiger partial charge is 0.359 e. The van der Waals surface area contributed by atoms with Crippen LogP contribution in [0.4, 0.5) is 5.69 Å². The van der Waals surface area contributed by atoms with E-state index in [0.29, 0.717) is 35.7 Å². The second kappa shape index (κ2) is 5.40. The van der Waals surface area contributed by atoms with Crippen molar-refractivity contribution >= 4 is 34.9 Å². The molecule has 1 aromatic rings. The maximum Gasteiger partial charge on any atom is 0.299 e. The fraction of sp³-hybridized carbons (Fsp3) is 0.308. The average Bonchev–Trinajstić information content (AvgIpc) is 2.63. The van der Waals surface area contributed by atoms with E-state index in [4.69, 9.17) is 11.6 Å². The molecule has 0 saturated heterocycles. The molecule has 2 rings (SSSR count). The number of fused-ring (bicyclic) bond motifs is 1. The number of ketones is 1. The average molecular weight is 281 g/mol. The molecule has 6 heteroatoms. The van der Waals surface area contributed by atoms with E-state index < -0.39 is 11.7 Å². The molecule has 0 spiro atoms. The second-order valence-electron chi connectivity index (χ2n) is 4.22. The Balaban J connectivity index is 2.14. The number of benzene rings is 1. The van der Waals surface area contributed by atoms with E-state index in [-0.39, 0.29) is 5.91 Å². The number of rotatable bonds is 4. The van der Waals surface area contributed by atoms with Gasteiger partial charge in [-0.15, -0.1) is 0 Å². The molecule has 0 atom stereocenters. The molecule has 0 aromatic heterocycles. The Morgan fingerprint density at radius 1 is 1.37 bits per heavy atom. The van der Waals surface area contributed by atoms with E-state index in [1.54, 1.807) is 25.2 Å². The Morgan fingerprint density at radius 2 is 2.11 bits per heavy atom. The first-order valence-corrected chi connectivity index (χ1v) is 6.28. The van der Waals surface area contributed by atoms with Gasteiger partial charge in [-0.25, -0.2) is 0 Å². The van der Waals surface area contributed by atoms with Crippen LogP contribution >= 0.6 is 11.6 Å². The molecule has 0 bridgehead atoms. The van der Waals surface area contributed by atoms with Crippen molar-refractivity contribution in [2.45, 2.75) is 12.8 Å². The molecule has 1 heterocycles. The highest BCUT2D eigenvalue weighted by molar-refractivity contribution is 6.52. The molecule has 5 nitrogen and oxygen atoms in total. The SMILES string of the molecule is CNC(=O)CCCN1C(=O)C(=O)c2ccc(Cl)cc21. The Bertz CT molecular complexity index is 557. The molecule has 1 aliphatic rings. The van der Waals surface area contributed by atoms with Crippen LogP contribution in [0.2, 0.25) is 5.02 Å². The molecule has 19 heavy (non-hydrogen) atoms. The van der Waals surface area contributed by atoms with Crippen LogP contribution in [0.15, 0.2) is 18.2 Å². The van der Waals surface area contributed by atoms with E-state index in [1.807, 2.05) is 0 Å². The standard InChI is InChI=1S/C13H13ClN2O3/c1-15-11(17)3-2-6-16-10-7-8(14)4-5-9(10)12(18)13(16)19/h4-5,7H,2-3,6H2,1H3,(H,15,17). The number of hydrogen-bond donors (Lipinski definition) is 1. The van der Waals surface area contributed by atoms with E-state index in [0.717, 1.165) is 0 Å². The van der Waals surface area contributed by atoms with Crippen LogP contribution in [0.25, 0.3) is 0 Å². The Hall–Kier alpha value is -1.88. The van der Waals surface area contributed by atoms with Crippen molar-refractivity contribution in [1.29, 1.82) is 0 Å². The number of carbonyl (C=O) groups is 3. The van der Waals surface area contributed by atoms with Gasteiger partial charge in [-0.3, -0.25) is 14.4 Å². The quantitative estimate of drug-likeness (QED) is 0.848. The third kappa shape index (κ3) is 2.61. The van der Waals surface area contributed by atoms with Gasteiger partial charge in [0.05, 0.1) is 11.3 Å². The summed E-state index contributed by atoms with van der Waals surface area (Å²) in [7, 11) is 1.56. The lowest BCUT2D eigenvalue weighted by atomic mass is 10.1. The van der Waals surface area contributed by atoms with Gasteiger partial charge in [-0.05, 0) is 24.6 Å². The number of nitrogens with zero attached hydrogens (tertiary/aromatic N) is 1. The van der Waals surface area contributed by atoms with Gasteiger partial charge in [-0.2, -0.15) is 0 Å². The van der Waals surface area contributed by atoms with E-state index >= 15 is 0 Å². The topological polar surface area (TPSA) is 66.5 Å². The maximum atomic E-state index is 11.9. The first-order chi connectivity index (χ1) is 9.04. The van der Waals surface area contributed by atoms with Crippen molar-refractivity contribution in [2.75, 3.05) is 18.5 Å². The lowest BCUT2D eigenvalue weighted by Crippen LogP contribution is -2.31. The Kier molecular flexibility index (Phi) is 3.85. The molecule has 1 aliphatic heterocycles. The monoisotopic (exact) mass is 280 g/mol. The van der Waals surface area contributed by atoms with Gasteiger partial charge in [0.15, 0.2) is 0 Å². The van der Waals surface area contributed by atoms with Crippen molar-refractivity contribution in [3.05, 3.63) is 28.8 Å². The smallest absolute Gasteiger partial charge is 0.299 e. The van der Waals surface area contributed by atoms with Crippen LogP contribution in [-0.4, -0.2) is 31.2 Å². The third-order valence-electron chi connectivity index (χ3n) is 3.00. The number of amides is 2. The minimum absolute atomic E-state index is 0.0932. The zero-order valence-corrected chi connectivity index (χ0v) is 11.2. The third-order valence-corrected chi connectivity index (χ3v) is 3.23. The van der Waals surface area contributed by atoms with Crippen molar-refractivity contribution in [3.8, 4) is 0 Å². The summed E-state index contributed by atoms with van der Waals surface area (Å²) >= 11 is 5.88. The zero-order chi connectivity index (χ0) is 14.0. The number of Topliss-reactive ketones (excluding diaryl/α,β-unsaturated/α-hetero) is 1. The van der Waals surface area contributed by atoms with Gasteiger partial charge in [0.1, 0.15) is 0 Å². The minimum Gasteiger partial charge on any atom is -0.359 e. The molecule has 0 saturated carbocycles. The summed E-state index contributed by atoms with van der Waals surface area (Å²) in [5.41, 5.74) is 0.897. The first kappa shape index (κ1) is 13.5. The number of hydrogen-bond acceptors (Lipinski definition) is 3. The minimum atomic E-state index is -0.561. The van der Waals surface area contributed by atoms with Crippen LogP contribution in [0.1, 0.15) is 23.2 Å². The van der Waals surface area contributed by atoms with Crippen molar-refractivity contribution in [2.24, 2.45) is 0 Å². The highest BCUT2D eigenvalue weighted by Crippen LogP contribution is 2.31. The van der Waals surface area contributed by atoms with Crippen molar-refractivity contribution in [1.82, 2.24) is 5.32 Å². The maximum absolute atomic E-state index is 11.9. The molecule has 0 radical (unpaired) electrons. The van der Waals surface area contributed by atoms with Crippen LogP contribution < -0.4 is 10.2 Å². The summed E-state index contributed by atoms with van der Waals surface area (Å²) in [6, 6.07) is 4.73. The molecule has 0 unspecified atom stereocenters. The van der Waals surface area contributed by atoms with Gasteiger partial charge in [-0.1, -0.05) is 11.6 Å². The molecule has 2 amide bonds. The van der Waals surface area contributed by atoms with Crippen molar-refractivity contribution in [3.63, 3.8) is 0 Å². The normalized spacial score (nSPS) is 13.7. The lowest BCUT2D eigenvalue weighted by Gasteiger charge is -2.16. The zero-order valence-electron chi connectivity index (χ0n) is 10.4. The predicted molar refractivity (Wildman–Crippen MR) is 71.4 cm³/mol. The summed E-state index contributed by atoms with van der Waals surface area (Å²) < 4.78 is 0. The number of anilines is 1. The molecular weight excluding hydrogens is 268 g/mol. The molecule has 1 N–H and O–H groups in total. The van der Waals surface area contributed by atoms with E-state index in [1.165, 1.54) is 4.90 Å². The van der Waals surface area contributed by atoms with Gasteiger partial charge in [0, 0.05) is 25.0 Å². The van der Waals surface area contributed by atoms with Crippen LogP contribution in [0, 0.1) is 0 Å². The van der Waals surface area contributed by atoms with E-state index in [2.05, 4.69) is 5.32 Å². The second-order valence-corrected chi connectivity index (χ2v) is 4.66. The molecule has 0 aliphatic carbocycles. The van der Waals surface area contributed by atoms with Gasteiger partial charge in [0.2, 0.25) is 5.91 Å². The lowest BCUT2D eigenvalue weighted by molar-refractivity contribution is -0.121. The summed E-state index contributed by atoms with van der Waals surface area (Å²) in [6.07, 6.45) is 0.801. The predicted octanol–water partition coefficient (Wildman–Crippen LogP) is 1.40. The number of carbonyl (C=O) groups excluding carboxylic acids is 3. The molecular formula is C13H13ClN2O3. The highest BCUT2D eigenvalue weighted by atomic mass is 35.5. The molecule has 1 aromatic carbocycles. The fourth-order valence-corrected chi connectivity index (χ4v) is 2.18. The summed E-state index contributed by atoms with van der Waals surface area (Å²) in [4.78, 5) is 36.1.